The molecule has 0 unspecified atom stereocenters. The van der Waals surface area contributed by atoms with Crippen molar-refractivity contribution in [1.29, 1.82) is 0 Å². The molecule has 0 saturated carbocycles. The first-order valence-corrected chi connectivity index (χ1v) is 13.1. The summed E-state index contributed by atoms with van der Waals surface area (Å²) in [6.45, 7) is 6.74. The van der Waals surface area contributed by atoms with E-state index in [1.54, 1.807) is 54.6 Å². The smallest absolute Gasteiger partial charge is 0.269 e. The summed E-state index contributed by atoms with van der Waals surface area (Å²) >= 11 is 8.54. The summed E-state index contributed by atoms with van der Waals surface area (Å²) in [5.41, 5.74) is 7.73. The fraction of sp³-hybridized carbons (Fsp3) is 0.214. The van der Waals surface area contributed by atoms with E-state index >= 15 is 0 Å². The van der Waals surface area contributed by atoms with E-state index in [1.807, 2.05) is 19.1 Å². The van der Waals surface area contributed by atoms with Crippen LogP contribution in [-0.4, -0.2) is 29.4 Å². The zero-order valence-electron chi connectivity index (χ0n) is 21.3. The number of ether oxygens (including phenoxy) is 1. The number of rotatable bonds is 8. The van der Waals surface area contributed by atoms with Crippen LogP contribution in [0.25, 0.3) is 0 Å². The van der Waals surface area contributed by atoms with E-state index in [4.69, 9.17) is 17.0 Å². The highest BCUT2D eigenvalue weighted by molar-refractivity contribution is 9.10. The Morgan fingerprint density at radius 3 is 2.21 bits per heavy atom. The van der Waals surface area contributed by atoms with Crippen LogP contribution >= 0.6 is 28.1 Å². The fourth-order valence-electron chi connectivity index (χ4n) is 3.25. The minimum absolute atomic E-state index is 0.0706. The number of carbonyl (C=O) groups is 3. The third-order valence-corrected chi connectivity index (χ3v) is 6.17. The van der Waals surface area contributed by atoms with Crippen LogP contribution in [0.3, 0.4) is 0 Å². The molecule has 0 spiro atoms. The summed E-state index contributed by atoms with van der Waals surface area (Å²) in [5.74, 6) is 0.0258. The summed E-state index contributed by atoms with van der Waals surface area (Å²) in [6.07, 6.45) is 0.926. The molecule has 3 amide bonds. The SMILES string of the molecule is Cc1cccc(C(=O)Nc2ccc(C(=O)NNC(=S)NC(=O)c3ccc(OCCC(C)C)c(Br)c3)cc2)c1. The first-order chi connectivity index (χ1) is 18.1. The van der Waals surface area contributed by atoms with Gasteiger partial charge in [0.25, 0.3) is 17.7 Å². The van der Waals surface area contributed by atoms with Gasteiger partial charge < -0.3 is 10.1 Å². The van der Waals surface area contributed by atoms with Crippen LogP contribution in [-0.2, 0) is 0 Å². The van der Waals surface area contributed by atoms with Crippen LogP contribution in [0, 0.1) is 12.8 Å². The summed E-state index contributed by atoms with van der Waals surface area (Å²) in [5, 5.41) is 5.24. The Morgan fingerprint density at radius 2 is 1.55 bits per heavy atom. The molecule has 0 saturated heterocycles. The number of thiocarbonyl (C=S) groups is 1. The van der Waals surface area contributed by atoms with Gasteiger partial charge >= 0.3 is 0 Å². The third-order valence-electron chi connectivity index (χ3n) is 5.35. The second-order valence-electron chi connectivity index (χ2n) is 8.94. The Hall–Kier alpha value is -3.76. The molecule has 0 bridgehead atoms. The van der Waals surface area contributed by atoms with Crippen LogP contribution in [0.1, 0.15) is 56.9 Å². The highest BCUT2D eigenvalue weighted by Crippen LogP contribution is 2.26. The third kappa shape index (κ3) is 8.67. The van der Waals surface area contributed by atoms with E-state index < -0.39 is 11.8 Å². The molecule has 4 N–H and O–H groups in total. The molecule has 0 aliphatic rings. The van der Waals surface area contributed by atoms with E-state index in [0.29, 0.717) is 45.1 Å². The molecule has 0 atom stereocenters. The van der Waals surface area contributed by atoms with Gasteiger partial charge in [-0.3, -0.25) is 30.6 Å². The predicted molar refractivity (Wildman–Crippen MR) is 155 cm³/mol. The summed E-state index contributed by atoms with van der Waals surface area (Å²) in [4.78, 5) is 37.4. The topological polar surface area (TPSA) is 109 Å². The number of aryl methyl sites for hydroxylation is 1. The van der Waals surface area contributed by atoms with Crippen molar-refractivity contribution in [2.45, 2.75) is 27.2 Å². The van der Waals surface area contributed by atoms with Crippen LogP contribution in [0.2, 0.25) is 0 Å². The van der Waals surface area contributed by atoms with E-state index in [9.17, 15) is 14.4 Å². The molecule has 3 rings (SSSR count). The normalized spacial score (nSPS) is 10.4. The maximum atomic E-state index is 12.5. The van der Waals surface area contributed by atoms with Crippen LogP contribution in [0.4, 0.5) is 5.69 Å². The van der Waals surface area contributed by atoms with Crippen molar-refractivity contribution in [3.63, 3.8) is 0 Å². The second-order valence-corrected chi connectivity index (χ2v) is 10.2. The molecule has 0 aromatic heterocycles. The van der Waals surface area contributed by atoms with Gasteiger partial charge in [-0.15, -0.1) is 0 Å². The van der Waals surface area contributed by atoms with E-state index in [2.05, 4.69) is 51.3 Å². The molecule has 10 heteroatoms. The highest BCUT2D eigenvalue weighted by Gasteiger charge is 2.13. The lowest BCUT2D eigenvalue weighted by Crippen LogP contribution is -2.48. The Balaban J connectivity index is 1.47. The van der Waals surface area contributed by atoms with Crippen molar-refractivity contribution in [2.24, 2.45) is 5.92 Å². The van der Waals surface area contributed by atoms with Crippen LogP contribution in [0.15, 0.2) is 71.2 Å². The molecule has 38 heavy (non-hydrogen) atoms. The molecule has 0 aliphatic heterocycles. The molecule has 0 heterocycles. The Kier molecular flexibility index (Phi) is 10.4. The quantitative estimate of drug-likeness (QED) is 0.205. The van der Waals surface area contributed by atoms with E-state index in [-0.39, 0.29) is 11.0 Å². The van der Waals surface area contributed by atoms with Crippen molar-refractivity contribution in [3.8, 4) is 5.75 Å². The lowest BCUT2D eigenvalue weighted by Gasteiger charge is -2.13. The number of carbonyl (C=O) groups excluding carboxylic acids is 3. The second kappa shape index (κ2) is 13.7. The van der Waals surface area contributed by atoms with E-state index in [0.717, 1.165) is 12.0 Å². The highest BCUT2D eigenvalue weighted by atomic mass is 79.9. The Labute approximate surface area is 235 Å². The average molecular weight is 598 g/mol. The van der Waals surface area contributed by atoms with Gasteiger partial charge in [-0.05, 0) is 102 Å². The van der Waals surface area contributed by atoms with Crippen molar-refractivity contribution in [1.82, 2.24) is 16.2 Å². The zero-order valence-corrected chi connectivity index (χ0v) is 23.7. The minimum atomic E-state index is -0.469. The summed E-state index contributed by atoms with van der Waals surface area (Å²) in [7, 11) is 0. The number of nitrogens with one attached hydrogen (secondary N) is 4. The predicted octanol–water partition coefficient (Wildman–Crippen LogP) is 5.38. The number of benzene rings is 3. The number of halogens is 1. The first kappa shape index (κ1) is 28.8. The average Bonchev–Trinajstić information content (AvgIpc) is 2.88. The first-order valence-electron chi connectivity index (χ1n) is 11.9. The van der Waals surface area contributed by atoms with Crippen molar-refractivity contribution in [2.75, 3.05) is 11.9 Å². The van der Waals surface area contributed by atoms with Gasteiger partial charge in [0.15, 0.2) is 5.11 Å². The molecule has 3 aromatic carbocycles. The van der Waals surface area contributed by atoms with Gasteiger partial charge in [0.2, 0.25) is 0 Å². The monoisotopic (exact) mass is 596 g/mol. The molecule has 0 aliphatic carbocycles. The Bertz CT molecular complexity index is 1330. The van der Waals surface area contributed by atoms with Crippen molar-refractivity contribution < 1.29 is 19.1 Å². The molecular formula is C28H29BrN4O4S. The van der Waals surface area contributed by atoms with Gasteiger partial charge in [-0.25, -0.2) is 0 Å². The summed E-state index contributed by atoms with van der Waals surface area (Å²) < 4.78 is 6.39. The zero-order chi connectivity index (χ0) is 27.7. The van der Waals surface area contributed by atoms with E-state index in [1.165, 1.54) is 0 Å². The van der Waals surface area contributed by atoms with Gasteiger partial charge in [0.05, 0.1) is 11.1 Å². The number of hydrogen-bond acceptors (Lipinski definition) is 5. The van der Waals surface area contributed by atoms with Gasteiger partial charge in [-0.2, -0.15) is 0 Å². The van der Waals surface area contributed by atoms with Crippen molar-refractivity contribution in [3.05, 3.63) is 93.5 Å². The van der Waals surface area contributed by atoms with Gasteiger partial charge in [0.1, 0.15) is 5.75 Å². The summed E-state index contributed by atoms with van der Waals surface area (Å²) in [6, 6.07) is 18.6. The lowest BCUT2D eigenvalue weighted by molar-refractivity contribution is 0.0934. The number of hydrogen-bond donors (Lipinski definition) is 4. The number of amides is 3. The van der Waals surface area contributed by atoms with Gasteiger partial charge in [-0.1, -0.05) is 31.5 Å². The van der Waals surface area contributed by atoms with Crippen molar-refractivity contribution >= 4 is 56.7 Å². The number of anilines is 1. The van der Waals surface area contributed by atoms with Crippen LogP contribution < -0.4 is 26.2 Å². The van der Waals surface area contributed by atoms with Crippen LogP contribution in [0.5, 0.6) is 5.75 Å². The van der Waals surface area contributed by atoms with Gasteiger partial charge in [0, 0.05) is 22.4 Å². The fourth-order valence-corrected chi connectivity index (χ4v) is 3.89. The molecule has 0 radical (unpaired) electrons. The maximum Gasteiger partial charge on any atom is 0.269 e. The number of hydrazine groups is 1. The molecule has 8 nitrogen and oxygen atoms in total. The molecule has 0 fully saturated rings. The Morgan fingerprint density at radius 1 is 0.868 bits per heavy atom. The lowest BCUT2D eigenvalue weighted by atomic mass is 10.1. The minimum Gasteiger partial charge on any atom is -0.492 e. The largest absolute Gasteiger partial charge is 0.492 e. The standard InChI is InChI=1S/C28H29BrN4O4S/c1-17(2)13-14-37-24-12-9-21(16-23(24)29)26(35)31-28(38)33-32-27(36)19-7-10-22(11-8-19)30-25(34)20-6-4-5-18(3)15-20/h4-12,15-17H,13-14H2,1-3H3,(H,30,34)(H,32,36)(H2,31,33,35,38). The molecule has 3 aromatic rings. The maximum absolute atomic E-state index is 12.5. The molecular weight excluding hydrogens is 568 g/mol. The molecule has 198 valence electrons.